The van der Waals surface area contributed by atoms with Crippen LogP contribution in [0.2, 0.25) is 5.02 Å². The van der Waals surface area contributed by atoms with Gasteiger partial charge in [0.05, 0.1) is 16.0 Å². The number of nitro groups is 1. The molecule has 1 aromatic carbocycles. The summed E-state index contributed by atoms with van der Waals surface area (Å²) in [5, 5.41) is 22.2. The molecule has 1 aromatic rings. The molecule has 0 saturated carbocycles. The maximum Gasteiger partial charge on any atom is 0.295 e. The second-order valence-corrected chi connectivity index (χ2v) is 4.45. The van der Waals surface area contributed by atoms with Crippen LogP contribution in [0.15, 0.2) is 12.1 Å². The summed E-state index contributed by atoms with van der Waals surface area (Å²) >= 11 is 5.59. The number of rotatable bonds is 6. The van der Waals surface area contributed by atoms with Crippen molar-refractivity contribution in [1.82, 2.24) is 0 Å². The van der Waals surface area contributed by atoms with Crippen LogP contribution in [0.25, 0.3) is 0 Å². The quantitative estimate of drug-likeness (QED) is 0.619. The summed E-state index contributed by atoms with van der Waals surface area (Å²) in [6.45, 7) is 2.37. The van der Waals surface area contributed by atoms with Gasteiger partial charge in [0.1, 0.15) is 11.5 Å². The van der Waals surface area contributed by atoms with Gasteiger partial charge in [-0.15, -0.1) is 0 Å². The van der Waals surface area contributed by atoms with Crippen LogP contribution in [0.4, 0.5) is 15.8 Å². The Labute approximate surface area is 109 Å². The van der Waals surface area contributed by atoms with Crippen molar-refractivity contribution in [2.75, 3.05) is 18.5 Å². The van der Waals surface area contributed by atoms with Crippen molar-refractivity contribution in [2.45, 2.75) is 13.3 Å². The van der Waals surface area contributed by atoms with Gasteiger partial charge < -0.3 is 10.4 Å². The van der Waals surface area contributed by atoms with Gasteiger partial charge in [-0.05, 0) is 18.4 Å². The summed E-state index contributed by atoms with van der Waals surface area (Å²) in [6, 6.07) is 1.99. The molecular formula is C11H14ClFN2O3. The number of anilines is 1. The predicted octanol–water partition coefficient (Wildman–Crippen LogP) is 2.82. The number of nitro benzene ring substituents is 1. The van der Waals surface area contributed by atoms with Crippen LogP contribution < -0.4 is 5.32 Å². The fourth-order valence-corrected chi connectivity index (χ4v) is 1.60. The molecule has 0 aliphatic heterocycles. The maximum atomic E-state index is 13.1. The van der Waals surface area contributed by atoms with Crippen molar-refractivity contribution >= 4 is 23.0 Å². The number of nitrogens with one attached hydrogen (secondary N) is 1. The number of aliphatic hydroxyl groups excluding tert-OH is 1. The lowest BCUT2D eigenvalue weighted by Gasteiger charge is -2.12. The van der Waals surface area contributed by atoms with Gasteiger partial charge in [-0.2, -0.15) is 0 Å². The molecule has 0 bridgehead atoms. The highest BCUT2D eigenvalue weighted by atomic mass is 35.5. The Morgan fingerprint density at radius 1 is 1.61 bits per heavy atom. The van der Waals surface area contributed by atoms with Crippen molar-refractivity contribution in [1.29, 1.82) is 0 Å². The predicted molar refractivity (Wildman–Crippen MR) is 67.4 cm³/mol. The van der Waals surface area contributed by atoms with Crippen LogP contribution in [-0.4, -0.2) is 23.2 Å². The Hall–Kier alpha value is -1.40. The smallest absolute Gasteiger partial charge is 0.295 e. The third kappa shape index (κ3) is 3.82. The lowest BCUT2D eigenvalue weighted by Crippen LogP contribution is -2.13. The molecule has 18 heavy (non-hydrogen) atoms. The Morgan fingerprint density at radius 2 is 2.28 bits per heavy atom. The molecule has 7 heteroatoms. The van der Waals surface area contributed by atoms with Crippen molar-refractivity contribution in [3.8, 4) is 0 Å². The molecule has 0 fully saturated rings. The standard InChI is InChI=1S/C11H14ClFN2O3/c1-7(2-3-16)6-14-10-4-8(12)9(13)5-11(10)15(17)18/h4-5,7,14,16H,2-3,6H2,1H3. The van der Waals surface area contributed by atoms with Gasteiger partial charge in [0.2, 0.25) is 0 Å². The second kappa shape index (κ2) is 6.51. The van der Waals surface area contributed by atoms with Crippen molar-refractivity contribution in [2.24, 2.45) is 5.92 Å². The molecule has 2 N–H and O–H groups in total. The van der Waals surface area contributed by atoms with E-state index in [0.29, 0.717) is 13.0 Å². The average Bonchev–Trinajstić information content (AvgIpc) is 2.30. The summed E-state index contributed by atoms with van der Waals surface area (Å²) in [6.07, 6.45) is 0.579. The summed E-state index contributed by atoms with van der Waals surface area (Å²) in [5.74, 6) is -0.684. The fraction of sp³-hybridized carbons (Fsp3) is 0.455. The maximum absolute atomic E-state index is 13.1. The Bertz CT molecular complexity index is 443. The first kappa shape index (κ1) is 14.7. The highest BCUT2D eigenvalue weighted by Gasteiger charge is 2.18. The Kier molecular flexibility index (Phi) is 5.30. The van der Waals surface area contributed by atoms with E-state index in [2.05, 4.69) is 5.32 Å². The van der Waals surface area contributed by atoms with E-state index in [1.165, 1.54) is 6.07 Å². The van der Waals surface area contributed by atoms with E-state index in [4.69, 9.17) is 16.7 Å². The zero-order valence-corrected chi connectivity index (χ0v) is 10.6. The zero-order chi connectivity index (χ0) is 13.7. The topological polar surface area (TPSA) is 75.4 Å². The van der Waals surface area contributed by atoms with Crippen molar-refractivity contribution in [3.05, 3.63) is 33.1 Å². The molecule has 1 rings (SSSR count). The number of halogens is 2. The minimum absolute atomic E-state index is 0.0507. The molecule has 1 unspecified atom stereocenters. The molecule has 0 aliphatic rings. The Balaban J connectivity index is 2.86. The van der Waals surface area contributed by atoms with Gasteiger partial charge in [-0.25, -0.2) is 4.39 Å². The summed E-state index contributed by atoms with van der Waals surface area (Å²) in [4.78, 5) is 10.1. The summed E-state index contributed by atoms with van der Waals surface area (Å²) in [7, 11) is 0. The van der Waals surface area contributed by atoms with Crippen LogP contribution in [0.3, 0.4) is 0 Å². The first-order valence-electron chi connectivity index (χ1n) is 5.44. The molecular weight excluding hydrogens is 263 g/mol. The van der Waals surface area contributed by atoms with Crippen molar-refractivity contribution in [3.63, 3.8) is 0 Å². The minimum atomic E-state index is -0.822. The van der Waals surface area contributed by atoms with E-state index in [-0.39, 0.29) is 28.9 Å². The lowest BCUT2D eigenvalue weighted by molar-refractivity contribution is -0.384. The largest absolute Gasteiger partial charge is 0.396 e. The van der Waals surface area contributed by atoms with Gasteiger partial charge in [0.15, 0.2) is 0 Å². The highest BCUT2D eigenvalue weighted by molar-refractivity contribution is 6.31. The normalized spacial score (nSPS) is 12.2. The van der Waals surface area contributed by atoms with E-state index in [1.54, 1.807) is 0 Å². The highest BCUT2D eigenvalue weighted by Crippen LogP contribution is 2.30. The second-order valence-electron chi connectivity index (χ2n) is 4.04. The van der Waals surface area contributed by atoms with E-state index in [0.717, 1.165) is 6.07 Å². The van der Waals surface area contributed by atoms with Gasteiger partial charge in [-0.3, -0.25) is 10.1 Å². The summed E-state index contributed by atoms with van der Waals surface area (Å²) in [5.41, 5.74) is -0.177. The number of nitrogens with zero attached hydrogens (tertiary/aromatic N) is 1. The molecule has 0 spiro atoms. The summed E-state index contributed by atoms with van der Waals surface area (Å²) < 4.78 is 13.1. The molecule has 0 aliphatic carbocycles. The fourth-order valence-electron chi connectivity index (χ4n) is 1.44. The van der Waals surface area contributed by atoms with Crippen molar-refractivity contribution < 1.29 is 14.4 Å². The van der Waals surface area contributed by atoms with E-state index >= 15 is 0 Å². The monoisotopic (exact) mass is 276 g/mol. The van der Waals surface area contributed by atoms with Crippen LogP contribution in [-0.2, 0) is 0 Å². The van der Waals surface area contributed by atoms with Gasteiger partial charge in [0.25, 0.3) is 5.69 Å². The zero-order valence-electron chi connectivity index (χ0n) is 9.82. The van der Waals surface area contributed by atoms with E-state index in [1.807, 2.05) is 6.92 Å². The molecule has 100 valence electrons. The molecule has 0 amide bonds. The van der Waals surface area contributed by atoms with Crippen LogP contribution >= 0.6 is 11.6 Å². The molecule has 5 nitrogen and oxygen atoms in total. The van der Waals surface area contributed by atoms with E-state index in [9.17, 15) is 14.5 Å². The average molecular weight is 277 g/mol. The molecule has 0 radical (unpaired) electrons. The molecule has 0 aromatic heterocycles. The first-order chi connectivity index (χ1) is 8.45. The third-order valence-electron chi connectivity index (χ3n) is 2.50. The van der Waals surface area contributed by atoms with E-state index < -0.39 is 10.7 Å². The molecule has 0 heterocycles. The van der Waals surface area contributed by atoms with Gasteiger partial charge in [-0.1, -0.05) is 18.5 Å². The van der Waals surface area contributed by atoms with Gasteiger partial charge in [0, 0.05) is 13.2 Å². The molecule has 0 saturated heterocycles. The minimum Gasteiger partial charge on any atom is -0.396 e. The van der Waals surface area contributed by atoms with Crippen LogP contribution in [0.1, 0.15) is 13.3 Å². The molecule has 1 atom stereocenters. The SMILES string of the molecule is CC(CCO)CNc1cc(Cl)c(F)cc1[N+](=O)[O-]. The van der Waals surface area contributed by atoms with Crippen LogP contribution in [0, 0.1) is 21.8 Å². The number of benzene rings is 1. The van der Waals surface area contributed by atoms with Gasteiger partial charge >= 0.3 is 0 Å². The Morgan fingerprint density at radius 3 is 2.83 bits per heavy atom. The number of hydrogen-bond acceptors (Lipinski definition) is 4. The number of aliphatic hydroxyl groups is 1. The third-order valence-corrected chi connectivity index (χ3v) is 2.79. The van der Waals surface area contributed by atoms with Crippen LogP contribution in [0.5, 0.6) is 0 Å². The number of hydrogen-bond donors (Lipinski definition) is 2. The first-order valence-corrected chi connectivity index (χ1v) is 5.81. The lowest BCUT2D eigenvalue weighted by atomic mass is 10.1.